The fourth-order valence-electron chi connectivity index (χ4n) is 2.14. The molecular formula is C10H16BrN3O2. The van der Waals surface area contributed by atoms with Crippen LogP contribution in [0.1, 0.15) is 6.42 Å². The van der Waals surface area contributed by atoms with Crippen LogP contribution in [-0.2, 0) is 4.79 Å². The fraction of sp³-hybridized carbons (Fsp3) is 0.800. The Kier molecular flexibility index (Phi) is 3.68. The van der Waals surface area contributed by atoms with Crippen LogP contribution in [0.2, 0.25) is 0 Å². The molecule has 5 nitrogen and oxygen atoms in total. The number of carbonyl (C=O) groups excluding carboxylic acids is 2. The zero-order valence-electron chi connectivity index (χ0n) is 9.12. The van der Waals surface area contributed by atoms with Gasteiger partial charge < -0.3 is 15.1 Å². The van der Waals surface area contributed by atoms with Gasteiger partial charge in [-0.2, -0.15) is 0 Å². The van der Waals surface area contributed by atoms with Crippen LogP contribution in [0.4, 0.5) is 4.79 Å². The lowest BCUT2D eigenvalue weighted by atomic mass is 10.2. The summed E-state index contributed by atoms with van der Waals surface area (Å²) >= 11 is 3.40. The van der Waals surface area contributed by atoms with Crippen molar-refractivity contribution in [3.05, 3.63) is 0 Å². The number of rotatable bonds is 4. The first-order chi connectivity index (χ1) is 7.70. The maximum Gasteiger partial charge on any atom is 0.317 e. The van der Waals surface area contributed by atoms with Crippen LogP contribution < -0.4 is 5.32 Å². The van der Waals surface area contributed by atoms with Gasteiger partial charge in [0.1, 0.15) is 0 Å². The van der Waals surface area contributed by atoms with E-state index in [2.05, 4.69) is 21.2 Å². The highest BCUT2D eigenvalue weighted by atomic mass is 79.9. The first-order valence-electron chi connectivity index (χ1n) is 5.57. The Balaban J connectivity index is 1.77. The van der Waals surface area contributed by atoms with E-state index < -0.39 is 0 Å². The van der Waals surface area contributed by atoms with Crippen molar-refractivity contribution in [1.29, 1.82) is 0 Å². The van der Waals surface area contributed by atoms with Crippen molar-refractivity contribution in [1.82, 2.24) is 15.1 Å². The number of nitrogens with zero attached hydrogens (tertiary/aromatic N) is 2. The molecule has 0 bridgehead atoms. The zero-order chi connectivity index (χ0) is 11.5. The third kappa shape index (κ3) is 2.48. The molecule has 1 atom stereocenters. The first-order valence-corrected chi connectivity index (χ1v) is 6.69. The molecule has 0 aliphatic carbocycles. The molecule has 0 spiro atoms. The van der Waals surface area contributed by atoms with Crippen molar-refractivity contribution >= 4 is 27.9 Å². The van der Waals surface area contributed by atoms with Gasteiger partial charge in [0.05, 0.1) is 0 Å². The highest BCUT2D eigenvalue weighted by Crippen LogP contribution is 2.19. The number of urea groups is 1. The summed E-state index contributed by atoms with van der Waals surface area (Å²) in [5.41, 5.74) is 0. The van der Waals surface area contributed by atoms with Gasteiger partial charge in [0.2, 0.25) is 5.91 Å². The molecule has 1 unspecified atom stereocenters. The average molecular weight is 290 g/mol. The maximum atomic E-state index is 11.6. The summed E-state index contributed by atoms with van der Waals surface area (Å²) in [5, 5.41) is 3.63. The molecule has 2 rings (SSSR count). The molecule has 0 aromatic carbocycles. The highest BCUT2D eigenvalue weighted by molar-refractivity contribution is 9.09. The van der Waals surface area contributed by atoms with Crippen molar-refractivity contribution in [2.75, 3.05) is 38.1 Å². The summed E-state index contributed by atoms with van der Waals surface area (Å²) in [5.74, 6) is 0.643. The van der Waals surface area contributed by atoms with Crippen molar-refractivity contribution < 1.29 is 9.59 Å². The number of carbonyl (C=O) groups is 2. The molecule has 1 N–H and O–H groups in total. The molecule has 16 heavy (non-hydrogen) atoms. The van der Waals surface area contributed by atoms with Crippen molar-refractivity contribution in [2.45, 2.75) is 6.42 Å². The van der Waals surface area contributed by atoms with Crippen LogP contribution in [0.25, 0.3) is 0 Å². The standard InChI is InChI=1S/C10H16BrN3O2/c11-6-8-5-9(15)14(7-8)4-3-13-2-1-12-10(13)16/h8H,1-7H2,(H,12,16). The predicted molar refractivity (Wildman–Crippen MR) is 63.5 cm³/mol. The van der Waals surface area contributed by atoms with Crippen LogP contribution in [0.5, 0.6) is 0 Å². The molecule has 6 heteroatoms. The van der Waals surface area contributed by atoms with Gasteiger partial charge in [0.25, 0.3) is 0 Å². The van der Waals surface area contributed by atoms with Crippen molar-refractivity contribution in [2.24, 2.45) is 5.92 Å². The number of nitrogens with one attached hydrogen (secondary N) is 1. The second kappa shape index (κ2) is 5.03. The van der Waals surface area contributed by atoms with Crippen molar-refractivity contribution in [3.63, 3.8) is 0 Å². The predicted octanol–water partition coefficient (Wildman–Crippen LogP) is 0.255. The summed E-state index contributed by atoms with van der Waals surface area (Å²) in [4.78, 5) is 26.5. The Morgan fingerprint density at radius 1 is 1.31 bits per heavy atom. The number of hydrogen-bond donors (Lipinski definition) is 1. The number of halogens is 1. The average Bonchev–Trinajstić information content (AvgIpc) is 2.82. The quantitative estimate of drug-likeness (QED) is 0.755. The van der Waals surface area contributed by atoms with Crippen LogP contribution in [0.15, 0.2) is 0 Å². The largest absolute Gasteiger partial charge is 0.341 e. The smallest absolute Gasteiger partial charge is 0.317 e. The summed E-state index contributed by atoms with van der Waals surface area (Å²) < 4.78 is 0. The maximum absolute atomic E-state index is 11.6. The van der Waals surface area contributed by atoms with Gasteiger partial charge >= 0.3 is 6.03 Å². The third-order valence-corrected chi connectivity index (χ3v) is 4.01. The number of likely N-dealkylation sites (tertiary alicyclic amines) is 1. The lowest BCUT2D eigenvalue weighted by molar-refractivity contribution is -0.127. The van der Waals surface area contributed by atoms with E-state index in [1.165, 1.54) is 0 Å². The van der Waals surface area contributed by atoms with Gasteiger partial charge in [-0.3, -0.25) is 4.79 Å². The summed E-state index contributed by atoms with van der Waals surface area (Å²) in [6.07, 6.45) is 0.636. The van der Waals surface area contributed by atoms with E-state index in [9.17, 15) is 9.59 Å². The van der Waals surface area contributed by atoms with Gasteiger partial charge in [0.15, 0.2) is 0 Å². The minimum absolute atomic E-state index is 0.0105. The molecule has 2 fully saturated rings. The lowest BCUT2D eigenvalue weighted by Crippen LogP contribution is -2.37. The number of hydrogen-bond acceptors (Lipinski definition) is 2. The highest BCUT2D eigenvalue weighted by Gasteiger charge is 2.29. The number of amides is 3. The minimum Gasteiger partial charge on any atom is -0.341 e. The molecule has 0 aromatic heterocycles. The van der Waals surface area contributed by atoms with E-state index >= 15 is 0 Å². The molecule has 0 radical (unpaired) electrons. The molecule has 3 amide bonds. The Morgan fingerprint density at radius 2 is 2.06 bits per heavy atom. The molecule has 0 aromatic rings. The van der Waals surface area contributed by atoms with E-state index in [1.54, 1.807) is 4.90 Å². The van der Waals surface area contributed by atoms with Gasteiger partial charge in [-0.15, -0.1) is 0 Å². The van der Waals surface area contributed by atoms with E-state index in [0.717, 1.165) is 25.0 Å². The summed E-state index contributed by atoms with van der Waals surface area (Å²) in [6.45, 7) is 3.60. The normalized spacial score (nSPS) is 25.4. The molecule has 90 valence electrons. The van der Waals surface area contributed by atoms with Gasteiger partial charge in [-0.1, -0.05) is 15.9 Å². The van der Waals surface area contributed by atoms with E-state index in [1.807, 2.05) is 4.90 Å². The summed E-state index contributed by atoms with van der Waals surface area (Å²) in [6, 6.07) is -0.0105. The topological polar surface area (TPSA) is 52.7 Å². The molecular weight excluding hydrogens is 274 g/mol. The van der Waals surface area contributed by atoms with Crippen LogP contribution in [0.3, 0.4) is 0 Å². The van der Waals surface area contributed by atoms with E-state index in [0.29, 0.717) is 25.4 Å². The van der Waals surface area contributed by atoms with Crippen LogP contribution in [0, 0.1) is 5.92 Å². The SMILES string of the molecule is O=C1CC(CBr)CN1CCN1CCNC1=O. The monoisotopic (exact) mass is 289 g/mol. The summed E-state index contributed by atoms with van der Waals surface area (Å²) in [7, 11) is 0. The Bertz CT molecular complexity index is 298. The molecule has 2 heterocycles. The Hall–Kier alpha value is -0.780. The second-order valence-corrected chi connectivity index (χ2v) is 4.93. The van der Waals surface area contributed by atoms with Crippen molar-refractivity contribution in [3.8, 4) is 0 Å². The van der Waals surface area contributed by atoms with E-state index in [-0.39, 0.29) is 11.9 Å². The fourth-order valence-corrected chi connectivity index (χ4v) is 2.57. The Morgan fingerprint density at radius 3 is 2.62 bits per heavy atom. The molecule has 2 aliphatic heterocycles. The van der Waals surface area contributed by atoms with Crippen LogP contribution >= 0.6 is 15.9 Å². The minimum atomic E-state index is -0.0105. The Labute approximate surface area is 103 Å². The second-order valence-electron chi connectivity index (χ2n) is 4.28. The number of alkyl halides is 1. The van der Waals surface area contributed by atoms with Crippen LogP contribution in [-0.4, -0.2) is 59.8 Å². The lowest BCUT2D eigenvalue weighted by Gasteiger charge is -2.20. The van der Waals surface area contributed by atoms with Gasteiger partial charge in [-0.05, 0) is 5.92 Å². The molecule has 2 saturated heterocycles. The van der Waals surface area contributed by atoms with Gasteiger partial charge in [-0.25, -0.2) is 4.79 Å². The molecule has 2 aliphatic rings. The first kappa shape index (κ1) is 11.7. The van der Waals surface area contributed by atoms with E-state index in [4.69, 9.17) is 0 Å². The zero-order valence-corrected chi connectivity index (χ0v) is 10.7. The molecule has 0 saturated carbocycles. The third-order valence-electron chi connectivity index (χ3n) is 3.10. The van der Waals surface area contributed by atoms with Gasteiger partial charge in [0, 0.05) is 44.5 Å².